The molecule has 16 heavy (non-hydrogen) atoms. The van der Waals surface area contributed by atoms with Crippen molar-refractivity contribution in [3.8, 4) is 0 Å². The summed E-state index contributed by atoms with van der Waals surface area (Å²) in [6, 6.07) is 5.23. The van der Waals surface area contributed by atoms with Gasteiger partial charge in [0.15, 0.2) is 0 Å². The maximum absolute atomic E-state index is 13.3. The summed E-state index contributed by atoms with van der Waals surface area (Å²) >= 11 is 0. The van der Waals surface area contributed by atoms with E-state index in [-0.39, 0.29) is 5.82 Å². The molecule has 0 amide bonds. The fourth-order valence-electron chi connectivity index (χ4n) is 2.00. The third-order valence-corrected chi connectivity index (χ3v) is 3.15. The van der Waals surface area contributed by atoms with E-state index in [9.17, 15) is 4.39 Å². The van der Waals surface area contributed by atoms with Crippen LogP contribution in [0.15, 0.2) is 18.2 Å². The molecular weight excluding hydrogens is 205 g/mol. The van der Waals surface area contributed by atoms with E-state index in [0.29, 0.717) is 5.92 Å². The van der Waals surface area contributed by atoms with Gasteiger partial charge in [-0.2, -0.15) is 0 Å². The van der Waals surface area contributed by atoms with Crippen molar-refractivity contribution in [2.45, 2.75) is 19.9 Å². The van der Waals surface area contributed by atoms with Crippen LogP contribution >= 0.6 is 0 Å². The second-order valence-corrected chi connectivity index (χ2v) is 4.38. The number of hydrogen-bond acceptors (Lipinski definition) is 2. The zero-order valence-corrected chi connectivity index (χ0v) is 9.63. The second-order valence-electron chi connectivity index (χ2n) is 4.38. The van der Waals surface area contributed by atoms with Crippen LogP contribution in [0.4, 0.5) is 4.39 Å². The highest BCUT2D eigenvalue weighted by molar-refractivity contribution is 5.26. The normalized spacial score (nSPS) is 20.2. The fraction of sp³-hybridized carbons (Fsp3) is 0.538. The van der Waals surface area contributed by atoms with E-state index in [2.05, 4.69) is 5.32 Å². The highest BCUT2D eigenvalue weighted by Gasteiger charge is 2.14. The summed E-state index contributed by atoms with van der Waals surface area (Å²) < 4.78 is 18.6. The van der Waals surface area contributed by atoms with Crippen LogP contribution in [0.3, 0.4) is 0 Å². The van der Waals surface area contributed by atoms with E-state index in [1.807, 2.05) is 13.0 Å². The Morgan fingerprint density at radius 2 is 2.38 bits per heavy atom. The molecule has 1 N–H and O–H groups in total. The third-order valence-electron chi connectivity index (χ3n) is 3.15. The highest BCUT2D eigenvalue weighted by Crippen LogP contribution is 2.13. The van der Waals surface area contributed by atoms with Crippen molar-refractivity contribution >= 4 is 0 Å². The van der Waals surface area contributed by atoms with Gasteiger partial charge in [-0.3, -0.25) is 0 Å². The maximum Gasteiger partial charge on any atom is 0.126 e. The van der Waals surface area contributed by atoms with Gasteiger partial charge in [-0.1, -0.05) is 12.1 Å². The first-order valence-electron chi connectivity index (χ1n) is 5.80. The maximum atomic E-state index is 13.3. The molecule has 0 bridgehead atoms. The first kappa shape index (κ1) is 11.6. The van der Waals surface area contributed by atoms with Crippen LogP contribution in [0, 0.1) is 18.7 Å². The molecule has 1 aromatic rings. The summed E-state index contributed by atoms with van der Waals surface area (Å²) in [6.45, 7) is 5.25. The lowest BCUT2D eigenvalue weighted by molar-refractivity contribution is 0.185. The molecule has 0 spiro atoms. The molecule has 0 aliphatic carbocycles. The van der Waals surface area contributed by atoms with Crippen LogP contribution in [0.25, 0.3) is 0 Å². The van der Waals surface area contributed by atoms with Gasteiger partial charge in [0.1, 0.15) is 5.82 Å². The molecule has 1 aliphatic rings. The van der Waals surface area contributed by atoms with Gasteiger partial charge < -0.3 is 10.1 Å². The topological polar surface area (TPSA) is 21.3 Å². The van der Waals surface area contributed by atoms with Gasteiger partial charge in [0.25, 0.3) is 0 Å². The van der Waals surface area contributed by atoms with Crippen molar-refractivity contribution in [2.75, 3.05) is 19.8 Å². The molecule has 2 rings (SSSR count). The monoisotopic (exact) mass is 223 g/mol. The lowest BCUT2D eigenvalue weighted by Gasteiger charge is -2.11. The predicted molar refractivity (Wildman–Crippen MR) is 61.8 cm³/mol. The van der Waals surface area contributed by atoms with Crippen molar-refractivity contribution in [3.05, 3.63) is 35.1 Å². The SMILES string of the molecule is Cc1c(F)cccc1CNCC1CCOC1. The minimum absolute atomic E-state index is 0.122. The number of hydrogen-bond donors (Lipinski definition) is 1. The van der Waals surface area contributed by atoms with E-state index in [1.54, 1.807) is 6.07 Å². The predicted octanol–water partition coefficient (Wildman–Crippen LogP) is 2.26. The van der Waals surface area contributed by atoms with Crippen molar-refractivity contribution in [3.63, 3.8) is 0 Å². The van der Waals surface area contributed by atoms with Crippen LogP contribution in [-0.2, 0) is 11.3 Å². The number of rotatable bonds is 4. The summed E-state index contributed by atoms with van der Waals surface area (Å²) in [5.74, 6) is 0.498. The Morgan fingerprint density at radius 3 is 3.12 bits per heavy atom. The quantitative estimate of drug-likeness (QED) is 0.845. The van der Waals surface area contributed by atoms with Gasteiger partial charge in [-0.15, -0.1) is 0 Å². The van der Waals surface area contributed by atoms with E-state index in [4.69, 9.17) is 4.74 Å². The van der Waals surface area contributed by atoms with Crippen LogP contribution < -0.4 is 5.32 Å². The minimum Gasteiger partial charge on any atom is -0.381 e. The first-order chi connectivity index (χ1) is 7.77. The standard InChI is InChI=1S/C13H18FNO/c1-10-12(3-2-4-13(10)14)8-15-7-11-5-6-16-9-11/h2-4,11,15H,5-9H2,1H3. The van der Waals surface area contributed by atoms with Gasteiger partial charge in [0, 0.05) is 19.7 Å². The summed E-state index contributed by atoms with van der Waals surface area (Å²) in [6.07, 6.45) is 1.13. The molecule has 0 saturated carbocycles. The average molecular weight is 223 g/mol. The molecule has 1 aromatic carbocycles. The van der Waals surface area contributed by atoms with Gasteiger partial charge in [0.2, 0.25) is 0 Å². The second kappa shape index (κ2) is 5.41. The molecule has 88 valence electrons. The lowest BCUT2D eigenvalue weighted by atomic mass is 10.1. The molecule has 3 heteroatoms. The Kier molecular flexibility index (Phi) is 3.91. The molecule has 1 saturated heterocycles. The third kappa shape index (κ3) is 2.80. The van der Waals surface area contributed by atoms with Crippen molar-refractivity contribution in [1.82, 2.24) is 5.32 Å². The molecule has 1 fully saturated rings. The Labute approximate surface area is 95.8 Å². The fourth-order valence-corrected chi connectivity index (χ4v) is 2.00. The Bertz CT molecular complexity index is 348. The Hall–Kier alpha value is -0.930. The van der Waals surface area contributed by atoms with E-state index in [1.165, 1.54) is 6.07 Å². The van der Waals surface area contributed by atoms with Gasteiger partial charge in [-0.25, -0.2) is 4.39 Å². The van der Waals surface area contributed by atoms with Crippen LogP contribution in [0.2, 0.25) is 0 Å². The van der Waals surface area contributed by atoms with Crippen molar-refractivity contribution in [1.29, 1.82) is 0 Å². The summed E-state index contributed by atoms with van der Waals surface area (Å²) in [5.41, 5.74) is 1.79. The van der Waals surface area contributed by atoms with Gasteiger partial charge in [0.05, 0.1) is 6.61 Å². The average Bonchev–Trinajstić information content (AvgIpc) is 2.77. The highest BCUT2D eigenvalue weighted by atomic mass is 19.1. The largest absolute Gasteiger partial charge is 0.381 e. The van der Waals surface area contributed by atoms with Gasteiger partial charge >= 0.3 is 0 Å². The number of ether oxygens (including phenoxy) is 1. The summed E-state index contributed by atoms with van der Waals surface area (Å²) in [4.78, 5) is 0. The van der Waals surface area contributed by atoms with E-state index >= 15 is 0 Å². The van der Waals surface area contributed by atoms with Crippen molar-refractivity contribution < 1.29 is 9.13 Å². The van der Waals surface area contributed by atoms with Crippen molar-refractivity contribution in [2.24, 2.45) is 5.92 Å². The lowest BCUT2D eigenvalue weighted by Crippen LogP contribution is -2.23. The number of halogens is 1. The van der Waals surface area contributed by atoms with Gasteiger partial charge in [-0.05, 0) is 36.5 Å². The first-order valence-corrected chi connectivity index (χ1v) is 5.80. The number of benzene rings is 1. The van der Waals surface area contributed by atoms with E-state index < -0.39 is 0 Å². The molecule has 1 aliphatic heterocycles. The van der Waals surface area contributed by atoms with Crippen LogP contribution in [0.5, 0.6) is 0 Å². The molecular formula is C13H18FNO. The Morgan fingerprint density at radius 1 is 1.50 bits per heavy atom. The molecule has 1 atom stereocenters. The molecule has 1 unspecified atom stereocenters. The molecule has 0 aromatic heterocycles. The minimum atomic E-state index is -0.122. The smallest absolute Gasteiger partial charge is 0.126 e. The molecule has 1 heterocycles. The summed E-state index contributed by atoms with van der Waals surface area (Å²) in [7, 11) is 0. The van der Waals surface area contributed by atoms with Crippen LogP contribution in [0.1, 0.15) is 17.5 Å². The zero-order chi connectivity index (χ0) is 11.4. The molecule has 0 radical (unpaired) electrons. The molecule has 2 nitrogen and oxygen atoms in total. The van der Waals surface area contributed by atoms with Crippen LogP contribution in [-0.4, -0.2) is 19.8 Å². The Balaban J connectivity index is 1.82. The summed E-state index contributed by atoms with van der Waals surface area (Å²) in [5, 5.41) is 3.36. The van der Waals surface area contributed by atoms with E-state index in [0.717, 1.165) is 43.9 Å². The zero-order valence-electron chi connectivity index (χ0n) is 9.63. The number of nitrogens with one attached hydrogen (secondary N) is 1.